The van der Waals surface area contributed by atoms with Crippen LogP contribution in [0, 0.1) is 12.3 Å². The summed E-state index contributed by atoms with van der Waals surface area (Å²) in [5.74, 6) is 2.61. The van der Waals surface area contributed by atoms with E-state index in [1.165, 1.54) is 11.1 Å². The lowest BCUT2D eigenvalue weighted by Gasteiger charge is -2.02. The predicted octanol–water partition coefficient (Wildman–Crippen LogP) is 4.10. The predicted molar refractivity (Wildman–Crippen MR) is 67.5 cm³/mol. The van der Waals surface area contributed by atoms with Crippen molar-refractivity contribution in [2.75, 3.05) is 0 Å². The minimum Gasteiger partial charge on any atom is -0.115 e. The van der Waals surface area contributed by atoms with Crippen molar-refractivity contribution in [1.29, 1.82) is 0 Å². The number of hydrogen-bond acceptors (Lipinski definition) is 0. The van der Waals surface area contributed by atoms with Gasteiger partial charge in [-0.25, -0.2) is 0 Å². The van der Waals surface area contributed by atoms with Crippen LogP contribution in [0.4, 0.5) is 0 Å². The van der Waals surface area contributed by atoms with Crippen LogP contribution in [0.3, 0.4) is 0 Å². The second-order valence-electron chi connectivity index (χ2n) is 3.23. The van der Waals surface area contributed by atoms with Crippen LogP contribution in [-0.2, 0) is 0 Å². The molecule has 2 aromatic rings. The van der Waals surface area contributed by atoms with Gasteiger partial charge in [0.05, 0.1) is 0 Å². The summed E-state index contributed by atoms with van der Waals surface area (Å²) in [7, 11) is 0. The minimum absolute atomic E-state index is 0.911. The average Bonchev–Trinajstić information content (AvgIpc) is 2.29. The maximum Gasteiger partial charge on any atom is 0.0243 e. The molecule has 0 N–H and O–H groups in total. The first-order valence-electron chi connectivity index (χ1n) is 4.62. The van der Waals surface area contributed by atoms with Crippen LogP contribution in [0.25, 0.3) is 11.1 Å². The number of benzene rings is 2. The van der Waals surface area contributed by atoms with Crippen LogP contribution in [0.5, 0.6) is 0 Å². The first kappa shape index (κ1) is 10.0. The summed E-state index contributed by atoms with van der Waals surface area (Å²) in [6, 6.07) is 16.2. The molecule has 0 fully saturated rings. The minimum atomic E-state index is 0.911. The van der Waals surface area contributed by atoms with Gasteiger partial charge in [0.1, 0.15) is 0 Å². The molecule has 0 aliphatic heterocycles. The molecule has 0 aliphatic rings. The van der Waals surface area contributed by atoms with Gasteiger partial charge in [0.2, 0.25) is 0 Å². The molecule has 0 heterocycles. The van der Waals surface area contributed by atoms with Crippen LogP contribution in [0.1, 0.15) is 5.56 Å². The molecule has 72 valence electrons. The molecule has 15 heavy (non-hydrogen) atoms. The lowest BCUT2D eigenvalue weighted by atomic mass is 10.0. The summed E-state index contributed by atoms with van der Waals surface area (Å²) in [5.41, 5.74) is 3.27. The topological polar surface area (TPSA) is 0 Å². The fourth-order valence-corrected chi connectivity index (χ4v) is 1.83. The van der Waals surface area contributed by atoms with Crippen molar-refractivity contribution in [1.82, 2.24) is 0 Å². The van der Waals surface area contributed by atoms with Crippen molar-refractivity contribution in [2.45, 2.75) is 0 Å². The zero-order valence-corrected chi connectivity index (χ0v) is 9.66. The molecule has 0 amide bonds. The zero-order valence-electron chi connectivity index (χ0n) is 8.07. The van der Waals surface area contributed by atoms with Gasteiger partial charge in [0.25, 0.3) is 0 Å². The molecule has 2 aromatic carbocycles. The van der Waals surface area contributed by atoms with Gasteiger partial charge in [-0.15, -0.1) is 6.42 Å². The second-order valence-corrected chi connectivity index (χ2v) is 4.15. The Morgan fingerprint density at radius 3 is 2.27 bits per heavy atom. The van der Waals surface area contributed by atoms with Crippen LogP contribution >= 0.6 is 15.9 Å². The molecule has 0 aliphatic carbocycles. The summed E-state index contributed by atoms with van der Waals surface area (Å²) in [6.07, 6.45) is 5.31. The molecule has 0 unspecified atom stereocenters. The molecular weight excluding hydrogens is 248 g/mol. The molecule has 0 aromatic heterocycles. The Morgan fingerprint density at radius 2 is 1.67 bits per heavy atom. The van der Waals surface area contributed by atoms with E-state index in [-0.39, 0.29) is 0 Å². The van der Waals surface area contributed by atoms with Gasteiger partial charge in [-0.3, -0.25) is 0 Å². The van der Waals surface area contributed by atoms with Crippen molar-refractivity contribution in [3.05, 3.63) is 58.6 Å². The van der Waals surface area contributed by atoms with Gasteiger partial charge in [-0.1, -0.05) is 46.1 Å². The van der Waals surface area contributed by atoms with Gasteiger partial charge in [-0.05, 0) is 35.4 Å². The molecule has 2 rings (SSSR count). The smallest absolute Gasteiger partial charge is 0.0243 e. The van der Waals surface area contributed by atoms with E-state index in [0.29, 0.717) is 0 Å². The van der Waals surface area contributed by atoms with E-state index in [2.05, 4.69) is 34.0 Å². The Morgan fingerprint density at radius 1 is 0.933 bits per heavy atom. The third-order valence-electron chi connectivity index (χ3n) is 2.21. The fraction of sp³-hybridized carbons (Fsp3) is 0. The van der Waals surface area contributed by atoms with Crippen LogP contribution in [0.15, 0.2) is 53.0 Å². The molecule has 1 heteroatoms. The number of terminal acetylenes is 1. The van der Waals surface area contributed by atoms with E-state index >= 15 is 0 Å². The van der Waals surface area contributed by atoms with Crippen molar-refractivity contribution in [3.63, 3.8) is 0 Å². The highest BCUT2D eigenvalue weighted by Crippen LogP contribution is 2.22. The fourth-order valence-electron chi connectivity index (χ4n) is 1.43. The molecule has 0 saturated carbocycles. The SMILES string of the molecule is C#Cc1ccc(-c2cccc(Br)c2)cc1. The van der Waals surface area contributed by atoms with Gasteiger partial charge in [-0.2, -0.15) is 0 Å². The van der Waals surface area contributed by atoms with Crippen molar-refractivity contribution >= 4 is 15.9 Å². The van der Waals surface area contributed by atoms with E-state index in [1.807, 2.05) is 36.4 Å². The molecule has 0 spiro atoms. The molecule has 0 atom stereocenters. The van der Waals surface area contributed by atoms with Gasteiger partial charge < -0.3 is 0 Å². The summed E-state index contributed by atoms with van der Waals surface area (Å²) in [6.45, 7) is 0. The van der Waals surface area contributed by atoms with Gasteiger partial charge in [0.15, 0.2) is 0 Å². The van der Waals surface area contributed by atoms with Crippen molar-refractivity contribution in [3.8, 4) is 23.5 Å². The largest absolute Gasteiger partial charge is 0.115 e. The van der Waals surface area contributed by atoms with Crippen molar-refractivity contribution < 1.29 is 0 Å². The summed E-state index contributed by atoms with van der Waals surface area (Å²) in [4.78, 5) is 0. The van der Waals surface area contributed by atoms with E-state index in [4.69, 9.17) is 6.42 Å². The van der Waals surface area contributed by atoms with E-state index in [1.54, 1.807) is 0 Å². The van der Waals surface area contributed by atoms with E-state index < -0.39 is 0 Å². The lowest BCUT2D eigenvalue weighted by Crippen LogP contribution is -1.78. The Hall–Kier alpha value is -1.52. The normalized spacial score (nSPS) is 9.60. The maximum atomic E-state index is 5.31. The van der Waals surface area contributed by atoms with Crippen LogP contribution < -0.4 is 0 Å². The third kappa shape index (κ3) is 2.29. The Balaban J connectivity index is 2.42. The molecule has 0 nitrogen and oxygen atoms in total. The summed E-state index contributed by atoms with van der Waals surface area (Å²) >= 11 is 3.46. The Bertz CT molecular complexity index is 504. The highest BCUT2D eigenvalue weighted by Gasteiger charge is 1.97. The Labute approximate surface area is 98.1 Å². The molecule has 0 bridgehead atoms. The first-order valence-corrected chi connectivity index (χ1v) is 5.41. The molecule has 0 radical (unpaired) electrons. The zero-order chi connectivity index (χ0) is 10.7. The van der Waals surface area contributed by atoms with Gasteiger partial charge >= 0.3 is 0 Å². The number of hydrogen-bond donors (Lipinski definition) is 0. The number of halogens is 1. The van der Waals surface area contributed by atoms with Crippen LogP contribution in [0.2, 0.25) is 0 Å². The maximum absolute atomic E-state index is 5.31. The quantitative estimate of drug-likeness (QED) is 0.675. The third-order valence-corrected chi connectivity index (χ3v) is 2.70. The summed E-state index contributed by atoms with van der Waals surface area (Å²) < 4.78 is 1.08. The van der Waals surface area contributed by atoms with Gasteiger partial charge in [0, 0.05) is 10.0 Å². The second kappa shape index (κ2) is 4.33. The highest BCUT2D eigenvalue weighted by atomic mass is 79.9. The molecular formula is C14H9Br. The monoisotopic (exact) mass is 256 g/mol. The van der Waals surface area contributed by atoms with Crippen molar-refractivity contribution in [2.24, 2.45) is 0 Å². The van der Waals surface area contributed by atoms with E-state index in [9.17, 15) is 0 Å². The standard InChI is InChI=1S/C14H9Br/c1-2-11-6-8-12(9-7-11)13-4-3-5-14(15)10-13/h1,3-10H. The number of rotatable bonds is 1. The Kier molecular flexibility index (Phi) is 2.89. The van der Waals surface area contributed by atoms with Crippen LogP contribution in [-0.4, -0.2) is 0 Å². The van der Waals surface area contributed by atoms with E-state index in [0.717, 1.165) is 10.0 Å². The summed E-state index contributed by atoms with van der Waals surface area (Å²) in [5, 5.41) is 0. The average molecular weight is 257 g/mol. The molecule has 0 saturated heterocycles. The highest BCUT2D eigenvalue weighted by molar-refractivity contribution is 9.10. The first-order chi connectivity index (χ1) is 7.29. The lowest BCUT2D eigenvalue weighted by molar-refractivity contribution is 1.58.